The molecule has 0 aromatic heterocycles. The largest absolute Gasteiger partial charge is 0.481 e. The van der Waals surface area contributed by atoms with Crippen LogP contribution in [0.4, 0.5) is 0 Å². The molecule has 22 heteroatoms. The Morgan fingerprint density at radius 1 is 0.640 bits per heavy atom. The summed E-state index contributed by atoms with van der Waals surface area (Å²) in [4.78, 5) is 143. The van der Waals surface area contributed by atoms with Gasteiger partial charge < -0.3 is 57.4 Å². The minimum Gasteiger partial charge on any atom is -0.481 e. The first kappa shape index (κ1) is 69.4. The lowest BCUT2D eigenvalue weighted by atomic mass is 9.86. The highest BCUT2D eigenvalue weighted by molar-refractivity contribution is 7.98. The van der Waals surface area contributed by atoms with Crippen LogP contribution in [-0.4, -0.2) is 173 Å². The second-order valence-electron chi connectivity index (χ2n) is 23.4. The highest BCUT2D eigenvalue weighted by Crippen LogP contribution is 2.28. The number of carboxylic acid groups (broad SMARTS) is 1. The van der Waals surface area contributed by atoms with Gasteiger partial charge in [-0.1, -0.05) is 119 Å². The van der Waals surface area contributed by atoms with Gasteiger partial charge in [0.2, 0.25) is 47.3 Å². The summed E-state index contributed by atoms with van der Waals surface area (Å²) in [5.74, 6) is -4.35. The SMILES string of the molecule is CC(C)C[C@H]1CN(C(=O)CCCN)CC(=O)N[C@@H](Cc2ccccc2)CN(C(=O)CCC2CCCCC2)CC(=O)N[C@@H](CCC(=O)O)CN(C(=O)CCc2ccccc2)CC(=O)N[C@@H](C)CN(CC(N)=O)C(=O)CCSCc2ccc(cc2)C(=O)N1. The van der Waals surface area contributed by atoms with Crippen LogP contribution in [0.1, 0.15) is 138 Å². The number of hydrogen-bond acceptors (Lipinski definition) is 12. The molecular weight excluding hydrogens is 1120 g/mol. The molecule has 0 saturated heterocycles. The fourth-order valence-electron chi connectivity index (χ4n) is 11.0. The van der Waals surface area contributed by atoms with Crippen molar-refractivity contribution in [2.24, 2.45) is 23.3 Å². The Bertz CT molecular complexity index is 2680. The predicted molar refractivity (Wildman–Crippen MR) is 331 cm³/mol. The maximum Gasteiger partial charge on any atom is 0.303 e. The topological polar surface area (TPSA) is 304 Å². The number of aryl methyl sites for hydroxylation is 1. The van der Waals surface area contributed by atoms with Crippen molar-refractivity contribution in [3.63, 3.8) is 0 Å². The monoisotopic (exact) mass is 1210 g/mol. The number of rotatable bonds is 18. The maximum atomic E-state index is 14.7. The number of carbonyl (C=O) groups is 10. The highest BCUT2D eigenvalue weighted by atomic mass is 32.2. The number of nitrogens with zero attached hydrogens (tertiary/aromatic N) is 4. The van der Waals surface area contributed by atoms with Crippen molar-refractivity contribution in [2.45, 2.75) is 153 Å². The van der Waals surface area contributed by atoms with Crippen LogP contribution in [0.3, 0.4) is 0 Å². The summed E-state index contributed by atoms with van der Waals surface area (Å²) in [6, 6.07) is 22.5. The van der Waals surface area contributed by atoms with Crippen molar-refractivity contribution in [1.82, 2.24) is 40.9 Å². The molecule has 1 aliphatic carbocycles. The molecule has 21 nitrogen and oxygen atoms in total. The van der Waals surface area contributed by atoms with Gasteiger partial charge in [0.1, 0.15) is 0 Å². The lowest BCUT2D eigenvalue weighted by Gasteiger charge is -2.32. The Hall–Kier alpha value is -7.33. The molecule has 1 fully saturated rings. The minimum atomic E-state index is -1.17. The molecule has 4 atom stereocenters. The molecule has 3 aliphatic rings. The van der Waals surface area contributed by atoms with Crippen molar-refractivity contribution in [3.8, 4) is 0 Å². The Morgan fingerprint density at radius 3 is 1.79 bits per heavy atom. The van der Waals surface area contributed by atoms with E-state index in [2.05, 4.69) is 21.3 Å². The Morgan fingerprint density at radius 2 is 1.20 bits per heavy atom. The summed E-state index contributed by atoms with van der Waals surface area (Å²) in [6.45, 7) is 3.56. The van der Waals surface area contributed by atoms with Crippen LogP contribution in [0, 0.1) is 11.8 Å². The number of primary amides is 1. The number of aliphatic carboxylic acids is 1. The zero-order valence-electron chi connectivity index (χ0n) is 50.5. The first-order valence-electron chi connectivity index (χ1n) is 30.5. The Labute approximate surface area is 511 Å². The van der Waals surface area contributed by atoms with Gasteiger partial charge in [0.15, 0.2) is 0 Å². The van der Waals surface area contributed by atoms with Gasteiger partial charge in [-0.25, -0.2) is 0 Å². The number of benzene rings is 3. The van der Waals surface area contributed by atoms with Gasteiger partial charge in [0.25, 0.3) is 5.91 Å². The number of amides is 9. The summed E-state index contributed by atoms with van der Waals surface area (Å²) in [5.41, 5.74) is 14.4. The smallest absolute Gasteiger partial charge is 0.303 e. The third-order valence-corrected chi connectivity index (χ3v) is 16.4. The highest BCUT2D eigenvalue weighted by Gasteiger charge is 2.31. The second-order valence-corrected chi connectivity index (χ2v) is 24.5. The molecule has 2 heterocycles. The summed E-state index contributed by atoms with van der Waals surface area (Å²) >= 11 is 1.47. The molecule has 0 radical (unpaired) electrons. The lowest BCUT2D eigenvalue weighted by molar-refractivity contribution is -0.139. The van der Waals surface area contributed by atoms with E-state index in [1.165, 1.54) is 31.4 Å². The van der Waals surface area contributed by atoms with Crippen LogP contribution in [0.2, 0.25) is 0 Å². The van der Waals surface area contributed by atoms with Crippen LogP contribution in [0.5, 0.6) is 0 Å². The van der Waals surface area contributed by atoms with Gasteiger partial charge >= 0.3 is 5.97 Å². The molecule has 0 unspecified atom stereocenters. The van der Waals surface area contributed by atoms with E-state index >= 15 is 0 Å². The average molecular weight is 1210 g/mol. The molecule has 470 valence electrons. The molecule has 3 aromatic carbocycles. The number of thioether (sulfide) groups is 1. The molecule has 3 aromatic rings. The van der Waals surface area contributed by atoms with Crippen molar-refractivity contribution < 1.29 is 53.1 Å². The van der Waals surface area contributed by atoms with E-state index in [1.54, 1.807) is 19.1 Å². The molecule has 9 amide bonds. The van der Waals surface area contributed by atoms with Gasteiger partial charge in [0, 0.05) is 93.5 Å². The summed E-state index contributed by atoms with van der Waals surface area (Å²) in [5, 5.41) is 21.9. The van der Waals surface area contributed by atoms with E-state index in [0.717, 1.165) is 48.8 Å². The number of carboxylic acids is 1. The third kappa shape index (κ3) is 26.5. The van der Waals surface area contributed by atoms with Crippen LogP contribution in [-0.2, 0) is 61.7 Å². The minimum absolute atomic E-state index is 0.00302. The molecule has 0 spiro atoms. The molecular formula is C64H92N10O11S. The fraction of sp³-hybridized carbons (Fsp3) is 0.562. The molecule has 6 rings (SSSR count). The predicted octanol–water partition coefficient (Wildman–Crippen LogP) is 4.58. The normalized spacial score (nSPS) is 20.2. The van der Waals surface area contributed by atoms with Crippen LogP contribution in [0.25, 0.3) is 0 Å². The van der Waals surface area contributed by atoms with Gasteiger partial charge in [-0.15, -0.1) is 0 Å². The van der Waals surface area contributed by atoms with Crippen LogP contribution in [0.15, 0.2) is 84.9 Å². The van der Waals surface area contributed by atoms with E-state index in [4.69, 9.17) is 11.5 Å². The summed E-state index contributed by atoms with van der Waals surface area (Å²) in [6.07, 6.45) is 6.76. The number of hydrogen-bond donors (Lipinski definition) is 7. The van der Waals surface area contributed by atoms with Gasteiger partial charge in [-0.2, -0.15) is 11.8 Å². The van der Waals surface area contributed by atoms with E-state index in [-0.39, 0.29) is 107 Å². The zero-order chi connectivity index (χ0) is 62.4. The van der Waals surface area contributed by atoms with E-state index in [9.17, 15) is 53.1 Å². The standard InChI is InChI=1S/C64H92N10O11S/c1-45(2)34-53-38-73(59(79)20-13-32-65)43-58(78)69-54(35-49-18-11-6-12-19-49)39-74(61(81)29-24-48-16-9-5-10-17-48)42-57(77)68-52(27-30-63(83)84)37-72(60(80)28-23-47-14-7-4-8-15-47)41-56(76)67-46(3)36-71(40-55(66)75)62(82)31-33-86-44-50-21-25-51(26-22-50)64(85)70-53/h4,6-8,11-12,14-15,18-19,21-22,25-26,45-46,48,52-54H,5,9-10,13,16-17,20,23-24,27-44,65H2,1-3H3,(H2,66,75)(H,67,76)(H,68,77)(H,69,78)(H,70,85)(H,83,84)/t46-,52-,53-,54-/m0/s1. The number of nitrogens with two attached hydrogens (primary N) is 2. The summed E-state index contributed by atoms with van der Waals surface area (Å²) < 4.78 is 0. The molecule has 1 saturated carbocycles. The Balaban J connectivity index is 1.53. The third-order valence-electron chi connectivity index (χ3n) is 15.3. The van der Waals surface area contributed by atoms with E-state index in [0.29, 0.717) is 48.7 Å². The fourth-order valence-corrected chi connectivity index (χ4v) is 11.9. The quantitative estimate of drug-likeness (QED) is 0.0860. The van der Waals surface area contributed by atoms with Gasteiger partial charge in [0.05, 0.1) is 32.2 Å². The van der Waals surface area contributed by atoms with Gasteiger partial charge in [-0.05, 0) is 92.7 Å². The Kier molecular flexibility index (Phi) is 30.1. The first-order chi connectivity index (χ1) is 41.2. The number of fused-ring (bicyclic) bond motifs is 29. The zero-order valence-corrected chi connectivity index (χ0v) is 51.3. The molecule has 86 heavy (non-hydrogen) atoms. The maximum absolute atomic E-state index is 14.7. The summed E-state index contributed by atoms with van der Waals surface area (Å²) in [7, 11) is 0. The van der Waals surface area contributed by atoms with Crippen LogP contribution < -0.4 is 32.7 Å². The number of nitrogens with one attached hydrogen (secondary N) is 4. The molecule has 2 bridgehead atoms. The first-order valence-corrected chi connectivity index (χ1v) is 31.6. The molecule has 9 N–H and O–H groups in total. The van der Waals surface area contributed by atoms with E-state index < -0.39 is 85.7 Å². The van der Waals surface area contributed by atoms with Crippen molar-refractivity contribution in [2.75, 3.05) is 64.7 Å². The average Bonchev–Trinajstić information content (AvgIpc) is 3.68. The van der Waals surface area contributed by atoms with Crippen molar-refractivity contribution in [3.05, 3.63) is 107 Å². The molecule has 2 aliphatic heterocycles. The van der Waals surface area contributed by atoms with E-state index in [1.807, 2.05) is 86.6 Å². The van der Waals surface area contributed by atoms with Crippen LogP contribution >= 0.6 is 11.8 Å². The van der Waals surface area contributed by atoms with Gasteiger partial charge in [-0.3, -0.25) is 47.9 Å². The number of carbonyl (C=O) groups excluding carboxylic acids is 9. The second kappa shape index (κ2) is 37.3. The van der Waals surface area contributed by atoms with Crippen molar-refractivity contribution in [1.29, 1.82) is 0 Å². The lowest BCUT2D eigenvalue weighted by Crippen LogP contribution is -2.54. The van der Waals surface area contributed by atoms with Crippen molar-refractivity contribution >= 4 is 70.9 Å².